The molecule has 1 atom stereocenters. The van der Waals surface area contributed by atoms with Gasteiger partial charge in [0.25, 0.3) is 5.91 Å². The molecule has 1 amide bonds. The zero-order chi connectivity index (χ0) is 17.6. The Morgan fingerprint density at radius 1 is 1.20 bits per heavy atom. The highest BCUT2D eigenvalue weighted by atomic mass is 16.5. The highest BCUT2D eigenvalue weighted by molar-refractivity contribution is 5.82. The first-order valence-electron chi connectivity index (χ1n) is 9.83. The van der Waals surface area contributed by atoms with Crippen LogP contribution in [0.25, 0.3) is 0 Å². The number of aliphatic imine (C=N–C) groups is 1. The summed E-state index contributed by atoms with van der Waals surface area (Å²) in [6.45, 7) is 9.24. The molecule has 25 heavy (non-hydrogen) atoms. The van der Waals surface area contributed by atoms with Crippen molar-refractivity contribution in [2.75, 3.05) is 59.5 Å². The Kier molecular flexibility index (Phi) is 6.53. The lowest BCUT2D eigenvalue weighted by atomic mass is 10.2. The van der Waals surface area contributed by atoms with Gasteiger partial charge in [0.05, 0.1) is 0 Å². The number of likely N-dealkylation sites (N-methyl/N-ethyl adjacent to an activating group) is 1. The molecule has 1 aliphatic carbocycles. The van der Waals surface area contributed by atoms with Gasteiger partial charge in [-0.3, -0.25) is 14.7 Å². The molecule has 1 saturated carbocycles. The second-order valence-corrected chi connectivity index (χ2v) is 7.15. The largest absolute Gasteiger partial charge is 0.368 e. The summed E-state index contributed by atoms with van der Waals surface area (Å²) in [6, 6.07) is 0.807. The second kappa shape index (κ2) is 8.85. The lowest BCUT2D eigenvalue weighted by Crippen LogP contribution is -2.55. The summed E-state index contributed by atoms with van der Waals surface area (Å²) >= 11 is 0. The van der Waals surface area contributed by atoms with Crippen LogP contribution in [-0.4, -0.2) is 98.2 Å². The molecule has 3 fully saturated rings. The van der Waals surface area contributed by atoms with E-state index < -0.39 is 0 Å². The van der Waals surface area contributed by atoms with Gasteiger partial charge >= 0.3 is 0 Å². The Bertz CT molecular complexity index is 466. The molecule has 0 aromatic carbocycles. The first kappa shape index (κ1) is 18.5. The van der Waals surface area contributed by atoms with Gasteiger partial charge in [0.1, 0.15) is 6.10 Å². The van der Waals surface area contributed by atoms with E-state index in [4.69, 9.17) is 4.74 Å². The molecule has 3 rings (SSSR count). The van der Waals surface area contributed by atoms with Gasteiger partial charge in [-0.2, -0.15) is 0 Å². The normalized spacial score (nSPS) is 24.9. The van der Waals surface area contributed by atoms with E-state index >= 15 is 0 Å². The van der Waals surface area contributed by atoms with Crippen molar-refractivity contribution in [3.8, 4) is 0 Å². The van der Waals surface area contributed by atoms with Crippen LogP contribution in [-0.2, 0) is 9.53 Å². The number of piperazine rings is 1. The van der Waals surface area contributed by atoms with E-state index in [0.29, 0.717) is 0 Å². The maximum absolute atomic E-state index is 12.4. The third-order valence-corrected chi connectivity index (χ3v) is 5.46. The van der Waals surface area contributed by atoms with E-state index in [1.165, 1.54) is 12.8 Å². The standard InChI is InChI=1S/C18H33N5O2/c1-3-21(15-6-7-15)9-8-20-18(19-2)23-12-10-22(11-13-23)17(24)16-5-4-14-25-16/h15-16H,3-14H2,1-2H3,(H,19,20). The minimum atomic E-state index is -0.202. The van der Waals surface area contributed by atoms with Crippen LogP contribution in [0.15, 0.2) is 4.99 Å². The van der Waals surface area contributed by atoms with Gasteiger partial charge in [-0.05, 0) is 32.2 Å². The van der Waals surface area contributed by atoms with Crippen LogP contribution in [0.2, 0.25) is 0 Å². The van der Waals surface area contributed by atoms with E-state index in [1.807, 2.05) is 11.9 Å². The fraction of sp³-hybridized carbons (Fsp3) is 0.889. The van der Waals surface area contributed by atoms with Gasteiger partial charge in [-0.25, -0.2) is 0 Å². The molecular weight excluding hydrogens is 318 g/mol. The molecular formula is C18H33N5O2. The van der Waals surface area contributed by atoms with Gasteiger partial charge in [-0.15, -0.1) is 0 Å². The van der Waals surface area contributed by atoms with Crippen LogP contribution in [0, 0.1) is 0 Å². The monoisotopic (exact) mass is 351 g/mol. The SMILES string of the molecule is CCN(CCNC(=NC)N1CCN(C(=O)C2CCCO2)CC1)C1CC1. The number of nitrogens with one attached hydrogen (secondary N) is 1. The summed E-state index contributed by atoms with van der Waals surface area (Å²) in [7, 11) is 1.84. The molecule has 3 aliphatic rings. The van der Waals surface area contributed by atoms with Crippen LogP contribution in [0.4, 0.5) is 0 Å². The Balaban J connectivity index is 1.40. The van der Waals surface area contributed by atoms with Gasteiger partial charge in [0.2, 0.25) is 0 Å². The first-order chi connectivity index (χ1) is 12.2. The van der Waals surface area contributed by atoms with Crippen molar-refractivity contribution in [2.24, 2.45) is 4.99 Å². The van der Waals surface area contributed by atoms with E-state index in [1.54, 1.807) is 0 Å². The van der Waals surface area contributed by atoms with Crippen molar-refractivity contribution >= 4 is 11.9 Å². The minimum Gasteiger partial charge on any atom is -0.368 e. The molecule has 2 aliphatic heterocycles. The number of hydrogen-bond acceptors (Lipinski definition) is 4. The molecule has 7 nitrogen and oxygen atoms in total. The van der Waals surface area contributed by atoms with Gasteiger partial charge < -0.3 is 19.9 Å². The predicted octanol–water partition coefficient (Wildman–Crippen LogP) is 0.369. The zero-order valence-electron chi connectivity index (χ0n) is 15.7. The maximum atomic E-state index is 12.4. The quantitative estimate of drug-likeness (QED) is 0.553. The summed E-state index contributed by atoms with van der Waals surface area (Å²) in [5.41, 5.74) is 0. The van der Waals surface area contributed by atoms with Crippen molar-refractivity contribution in [3.05, 3.63) is 0 Å². The average Bonchev–Trinajstić information content (AvgIpc) is 3.34. The molecule has 0 bridgehead atoms. The van der Waals surface area contributed by atoms with Crippen molar-refractivity contribution in [3.63, 3.8) is 0 Å². The predicted molar refractivity (Wildman–Crippen MR) is 98.8 cm³/mol. The molecule has 0 aromatic rings. The Morgan fingerprint density at radius 3 is 2.48 bits per heavy atom. The number of hydrogen-bond donors (Lipinski definition) is 1. The van der Waals surface area contributed by atoms with Crippen LogP contribution in [0.1, 0.15) is 32.6 Å². The third-order valence-electron chi connectivity index (χ3n) is 5.46. The number of nitrogens with zero attached hydrogens (tertiary/aromatic N) is 4. The van der Waals surface area contributed by atoms with E-state index in [9.17, 15) is 4.79 Å². The number of amides is 1. The molecule has 2 saturated heterocycles. The summed E-state index contributed by atoms with van der Waals surface area (Å²) in [5, 5.41) is 3.49. The van der Waals surface area contributed by atoms with Gasteiger partial charge in [0, 0.05) is 59.0 Å². The number of carbonyl (C=O) groups is 1. The van der Waals surface area contributed by atoms with E-state index in [-0.39, 0.29) is 12.0 Å². The summed E-state index contributed by atoms with van der Waals surface area (Å²) in [5.74, 6) is 1.12. The molecule has 1 N–H and O–H groups in total. The Labute approximate surface area is 151 Å². The highest BCUT2D eigenvalue weighted by Crippen LogP contribution is 2.25. The number of carbonyl (C=O) groups excluding carboxylic acids is 1. The van der Waals surface area contributed by atoms with Gasteiger partial charge in [-0.1, -0.05) is 6.92 Å². The maximum Gasteiger partial charge on any atom is 0.251 e. The molecule has 7 heteroatoms. The molecule has 0 spiro atoms. The average molecular weight is 351 g/mol. The molecule has 1 unspecified atom stereocenters. The lowest BCUT2D eigenvalue weighted by Gasteiger charge is -2.37. The summed E-state index contributed by atoms with van der Waals surface area (Å²) < 4.78 is 5.53. The Morgan fingerprint density at radius 2 is 1.92 bits per heavy atom. The fourth-order valence-corrected chi connectivity index (χ4v) is 3.80. The number of rotatable bonds is 6. The third kappa shape index (κ3) is 4.85. The topological polar surface area (TPSA) is 60.4 Å². The lowest BCUT2D eigenvalue weighted by molar-refractivity contribution is -0.142. The highest BCUT2D eigenvalue weighted by Gasteiger charge is 2.31. The molecule has 142 valence electrons. The molecule has 0 aromatic heterocycles. The summed E-state index contributed by atoms with van der Waals surface area (Å²) in [6.07, 6.45) is 4.37. The summed E-state index contributed by atoms with van der Waals surface area (Å²) in [4.78, 5) is 23.6. The van der Waals surface area contributed by atoms with Crippen LogP contribution in [0.5, 0.6) is 0 Å². The van der Waals surface area contributed by atoms with E-state index in [0.717, 1.165) is 77.3 Å². The van der Waals surface area contributed by atoms with Crippen LogP contribution < -0.4 is 5.32 Å². The fourth-order valence-electron chi connectivity index (χ4n) is 3.80. The van der Waals surface area contributed by atoms with Crippen LogP contribution >= 0.6 is 0 Å². The first-order valence-corrected chi connectivity index (χ1v) is 9.83. The van der Waals surface area contributed by atoms with Gasteiger partial charge in [0.15, 0.2) is 5.96 Å². The molecule has 2 heterocycles. The minimum absolute atomic E-state index is 0.170. The van der Waals surface area contributed by atoms with Crippen molar-refractivity contribution in [1.82, 2.24) is 20.0 Å². The second-order valence-electron chi connectivity index (χ2n) is 7.15. The van der Waals surface area contributed by atoms with Crippen molar-refractivity contribution in [1.29, 1.82) is 0 Å². The smallest absolute Gasteiger partial charge is 0.251 e. The zero-order valence-corrected chi connectivity index (χ0v) is 15.7. The Hall–Kier alpha value is -1.34. The number of ether oxygens (including phenoxy) is 1. The van der Waals surface area contributed by atoms with E-state index in [2.05, 4.69) is 27.0 Å². The van der Waals surface area contributed by atoms with Crippen molar-refractivity contribution in [2.45, 2.75) is 44.8 Å². The van der Waals surface area contributed by atoms with Crippen LogP contribution in [0.3, 0.4) is 0 Å². The number of guanidine groups is 1. The van der Waals surface area contributed by atoms with Crippen molar-refractivity contribution < 1.29 is 9.53 Å². The molecule has 0 radical (unpaired) electrons.